The van der Waals surface area contributed by atoms with E-state index in [2.05, 4.69) is 9.97 Å². The molecule has 1 heterocycles. The number of nitrogens with one attached hydrogen (secondary N) is 1. The number of nitrogens with zero attached hydrogens (tertiary/aromatic N) is 2. The van der Waals surface area contributed by atoms with E-state index in [1.807, 2.05) is 0 Å². The Balaban J connectivity index is 2.61. The van der Waals surface area contributed by atoms with E-state index < -0.39 is 12.4 Å². The largest absolute Gasteiger partial charge is 0.433 e. The summed E-state index contributed by atoms with van der Waals surface area (Å²) in [5, 5.41) is 10.2. The van der Waals surface area contributed by atoms with Gasteiger partial charge in [-0.2, -0.15) is 13.2 Å². The molecule has 72 valence electrons. The first-order chi connectivity index (χ1) is 6.00. The minimum atomic E-state index is -4.72. The molecular weight excluding hydrogens is 187 g/mol. The van der Waals surface area contributed by atoms with Crippen LogP contribution in [0.5, 0.6) is 0 Å². The average Bonchev–Trinajstić information content (AvgIpc) is 2.04. The van der Waals surface area contributed by atoms with Gasteiger partial charge in [0.1, 0.15) is 0 Å². The molecule has 0 spiro atoms. The zero-order chi connectivity index (χ0) is 9.90. The van der Waals surface area contributed by atoms with Crippen LogP contribution in [-0.4, -0.2) is 27.5 Å². The van der Waals surface area contributed by atoms with Crippen LogP contribution in [0.15, 0.2) is 18.5 Å². The molecule has 0 aliphatic carbocycles. The van der Waals surface area contributed by atoms with Crippen LogP contribution in [0.3, 0.4) is 0 Å². The van der Waals surface area contributed by atoms with E-state index in [1.54, 1.807) is 5.32 Å². The van der Waals surface area contributed by atoms with Gasteiger partial charge in [0.05, 0.1) is 0 Å². The molecule has 1 aromatic heterocycles. The first kappa shape index (κ1) is 9.72. The van der Waals surface area contributed by atoms with E-state index in [1.165, 1.54) is 18.5 Å². The summed E-state index contributed by atoms with van der Waals surface area (Å²) in [6.45, 7) is 0. The van der Waals surface area contributed by atoms with Gasteiger partial charge in [-0.05, 0) is 6.07 Å². The van der Waals surface area contributed by atoms with Crippen LogP contribution in [0.1, 0.15) is 0 Å². The zero-order valence-electron chi connectivity index (χ0n) is 6.28. The second-order valence-corrected chi connectivity index (χ2v) is 2.16. The molecule has 0 saturated heterocycles. The molecule has 0 radical (unpaired) electrons. The average molecular weight is 193 g/mol. The lowest BCUT2D eigenvalue weighted by molar-refractivity contribution is -0.194. The molecule has 1 atom stereocenters. The van der Waals surface area contributed by atoms with Gasteiger partial charge in [0.25, 0.3) is 0 Å². The summed E-state index contributed by atoms with van der Waals surface area (Å²) in [5.74, 6) is -0.271. The van der Waals surface area contributed by atoms with Crippen LogP contribution in [0, 0.1) is 0 Å². The van der Waals surface area contributed by atoms with E-state index in [4.69, 9.17) is 5.11 Å². The predicted octanol–water partition coefficient (Wildman–Crippen LogP) is 0.769. The second kappa shape index (κ2) is 3.56. The molecule has 13 heavy (non-hydrogen) atoms. The number of alkyl halides is 3. The van der Waals surface area contributed by atoms with Crippen LogP contribution in [0.2, 0.25) is 0 Å². The number of aliphatic hydroxyl groups is 1. The molecule has 0 bridgehead atoms. The van der Waals surface area contributed by atoms with Gasteiger partial charge in [-0.15, -0.1) is 0 Å². The third-order valence-corrected chi connectivity index (χ3v) is 1.14. The minimum absolute atomic E-state index is 0.271. The monoisotopic (exact) mass is 193 g/mol. The quantitative estimate of drug-likeness (QED) is 0.681. The summed E-state index contributed by atoms with van der Waals surface area (Å²) in [6.07, 6.45) is -4.84. The summed E-state index contributed by atoms with van der Waals surface area (Å²) >= 11 is 0. The van der Waals surface area contributed by atoms with Gasteiger partial charge < -0.3 is 10.4 Å². The Labute approximate surface area is 71.4 Å². The van der Waals surface area contributed by atoms with E-state index in [0.717, 1.165) is 0 Å². The molecule has 0 saturated carbocycles. The van der Waals surface area contributed by atoms with Crippen LogP contribution in [0.25, 0.3) is 0 Å². The summed E-state index contributed by atoms with van der Waals surface area (Å²) in [7, 11) is 0. The maximum atomic E-state index is 11.8. The van der Waals surface area contributed by atoms with Crippen molar-refractivity contribution in [2.45, 2.75) is 12.4 Å². The minimum Gasteiger partial charge on any atom is -0.366 e. The highest BCUT2D eigenvalue weighted by atomic mass is 19.4. The molecule has 0 aliphatic heterocycles. The van der Waals surface area contributed by atoms with Gasteiger partial charge in [-0.3, -0.25) is 0 Å². The number of hydrogen-bond acceptors (Lipinski definition) is 4. The van der Waals surface area contributed by atoms with Crippen molar-refractivity contribution in [2.75, 3.05) is 5.32 Å². The van der Waals surface area contributed by atoms with Crippen LogP contribution in [0.4, 0.5) is 19.1 Å². The van der Waals surface area contributed by atoms with Crippen molar-refractivity contribution in [3.63, 3.8) is 0 Å². The SMILES string of the molecule is O[C@H](Nc1ncccn1)C(F)(F)F. The molecule has 4 nitrogen and oxygen atoms in total. The van der Waals surface area contributed by atoms with Crippen molar-refractivity contribution in [3.8, 4) is 0 Å². The molecular formula is C6H6F3N3O. The zero-order valence-corrected chi connectivity index (χ0v) is 6.28. The predicted molar refractivity (Wildman–Crippen MR) is 37.7 cm³/mol. The third kappa shape index (κ3) is 2.86. The number of aliphatic hydroxyl groups excluding tert-OH is 1. The van der Waals surface area contributed by atoms with Gasteiger partial charge in [-0.25, -0.2) is 9.97 Å². The number of anilines is 1. The summed E-state index contributed by atoms with van der Waals surface area (Å²) in [4.78, 5) is 6.90. The maximum absolute atomic E-state index is 11.8. The Kier molecular flexibility index (Phi) is 2.66. The van der Waals surface area contributed by atoms with Crippen LogP contribution >= 0.6 is 0 Å². The van der Waals surface area contributed by atoms with Crippen molar-refractivity contribution in [2.24, 2.45) is 0 Å². The Morgan fingerprint density at radius 3 is 2.31 bits per heavy atom. The fourth-order valence-corrected chi connectivity index (χ4v) is 0.578. The summed E-state index contributed by atoms with van der Waals surface area (Å²) in [6, 6.07) is 1.45. The van der Waals surface area contributed by atoms with Crippen molar-refractivity contribution >= 4 is 5.95 Å². The normalized spacial score (nSPS) is 13.8. The van der Waals surface area contributed by atoms with Gasteiger partial charge in [0.2, 0.25) is 12.2 Å². The van der Waals surface area contributed by atoms with Crippen molar-refractivity contribution in [1.82, 2.24) is 9.97 Å². The van der Waals surface area contributed by atoms with Crippen molar-refractivity contribution in [1.29, 1.82) is 0 Å². The molecule has 1 rings (SSSR count). The fraction of sp³-hybridized carbons (Fsp3) is 0.333. The van der Waals surface area contributed by atoms with Crippen LogP contribution in [-0.2, 0) is 0 Å². The molecule has 0 aliphatic rings. The number of aromatic nitrogens is 2. The topological polar surface area (TPSA) is 58.0 Å². The van der Waals surface area contributed by atoms with Crippen molar-refractivity contribution < 1.29 is 18.3 Å². The van der Waals surface area contributed by atoms with E-state index in [9.17, 15) is 13.2 Å². The second-order valence-electron chi connectivity index (χ2n) is 2.16. The van der Waals surface area contributed by atoms with Gasteiger partial charge >= 0.3 is 6.18 Å². The molecule has 7 heteroatoms. The highest BCUT2D eigenvalue weighted by Gasteiger charge is 2.38. The van der Waals surface area contributed by atoms with Gasteiger partial charge in [0.15, 0.2) is 0 Å². The Hall–Kier alpha value is -1.37. The highest BCUT2D eigenvalue weighted by molar-refractivity contribution is 5.23. The Bertz CT molecular complexity index is 264. The maximum Gasteiger partial charge on any atom is 0.433 e. The van der Waals surface area contributed by atoms with E-state index in [-0.39, 0.29) is 5.95 Å². The summed E-state index contributed by atoms with van der Waals surface area (Å²) in [5.41, 5.74) is 0. The Morgan fingerprint density at radius 2 is 1.85 bits per heavy atom. The molecule has 0 unspecified atom stereocenters. The first-order valence-corrected chi connectivity index (χ1v) is 3.28. The standard InChI is InChI=1S/C6H6F3N3O/c7-6(8,9)4(13)12-5-10-2-1-3-11-5/h1-4,13H,(H,10,11,12)/t4-/m0/s1. The molecule has 0 aromatic carbocycles. The number of halogens is 3. The molecule has 1 aromatic rings. The van der Waals surface area contributed by atoms with Crippen molar-refractivity contribution in [3.05, 3.63) is 18.5 Å². The lowest BCUT2D eigenvalue weighted by atomic mass is 10.5. The van der Waals surface area contributed by atoms with Crippen LogP contribution < -0.4 is 5.32 Å². The van der Waals surface area contributed by atoms with E-state index in [0.29, 0.717) is 0 Å². The number of hydrogen-bond donors (Lipinski definition) is 2. The lowest BCUT2D eigenvalue weighted by Crippen LogP contribution is -2.36. The molecule has 0 fully saturated rings. The van der Waals surface area contributed by atoms with E-state index >= 15 is 0 Å². The fourth-order valence-electron chi connectivity index (χ4n) is 0.578. The molecule has 2 N–H and O–H groups in total. The lowest BCUT2D eigenvalue weighted by Gasteiger charge is -2.15. The van der Waals surface area contributed by atoms with Gasteiger partial charge in [0, 0.05) is 12.4 Å². The smallest absolute Gasteiger partial charge is 0.366 e. The third-order valence-electron chi connectivity index (χ3n) is 1.14. The number of rotatable bonds is 2. The first-order valence-electron chi connectivity index (χ1n) is 3.28. The Morgan fingerprint density at radius 1 is 1.31 bits per heavy atom. The van der Waals surface area contributed by atoms with Gasteiger partial charge in [-0.1, -0.05) is 0 Å². The highest BCUT2D eigenvalue weighted by Crippen LogP contribution is 2.20. The molecule has 0 amide bonds. The summed E-state index contributed by atoms with van der Waals surface area (Å²) < 4.78 is 35.3.